The van der Waals surface area contributed by atoms with E-state index >= 15 is 0 Å². The van der Waals surface area contributed by atoms with Crippen LogP contribution >= 0.6 is 11.3 Å². The van der Waals surface area contributed by atoms with E-state index in [4.69, 9.17) is 0 Å². The molecule has 0 radical (unpaired) electrons. The molecule has 0 amide bonds. The second-order valence-electron chi connectivity index (χ2n) is 4.71. The normalized spacial score (nSPS) is 12.0. The quantitative estimate of drug-likeness (QED) is 0.809. The summed E-state index contributed by atoms with van der Waals surface area (Å²) in [6, 6.07) is 1.51. The van der Waals surface area contributed by atoms with Gasteiger partial charge in [0, 0.05) is 29.5 Å². The van der Waals surface area contributed by atoms with Gasteiger partial charge >= 0.3 is 0 Å². The van der Waals surface area contributed by atoms with E-state index in [1.807, 2.05) is 13.8 Å². The van der Waals surface area contributed by atoms with Crippen molar-refractivity contribution in [3.8, 4) is 0 Å². The molecule has 0 aliphatic carbocycles. The van der Waals surface area contributed by atoms with E-state index in [1.165, 1.54) is 17.4 Å². The second kappa shape index (κ2) is 6.69. The number of hydrogen-bond donors (Lipinski definition) is 2. The SMILES string of the molecule is CCCn1cc(S(=O)(=O)NCc2ncc(C)s2)cc1CO. The molecule has 0 unspecified atom stereocenters. The van der Waals surface area contributed by atoms with Gasteiger partial charge < -0.3 is 9.67 Å². The van der Waals surface area contributed by atoms with Gasteiger partial charge in [-0.05, 0) is 19.4 Å². The Kier molecular flexibility index (Phi) is 5.15. The first-order valence-electron chi connectivity index (χ1n) is 6.67. The number of nitrogens with zero attached hydrogens (tertiary/aromatic N) is 2. The minimum Gasteiger partial charge on any atom is -0.390 e. The topological polar surface area (TPSA) is 84.2 Å². The van der Waals surface area contributed by atoms with Gasteiger partial charge in [-0.1, -0.05) is 6.92 Å². The minimum atomic E-state index is -3.59. The lowest BCUT2D eigenvalue weighted by Gasteiger charge is -2.04. The standard InChI is InChI=1S/C13H19N3O3S2/c1-3-4-16-8-12(5-11(16)9-17)21(18,19)15-7-13-14-6-10(2)20-13/h5-6,8,15,17H,3-4,7,9H2,1-2H3. The Labute approximate surface area is 128 Å². The predicted molar refractivity (Wildman–Crippen MR) is 81.5 cm³/mol. The molecule has 2 aromatic heterocycles. The molecule has 8 heteroatoms. The molecule has 6 nitrogen and oxygen atoms in total. The molecule has 2 heterocycles. The summed E-state index contributed by atoms with van der Waals surface area (Å²) in [5.74, 6) is 0. The third-order valence-electron chi connectivity index (χ3n) is 2.98. The smallest absolute Gasteiger partial charge is 0.242 e. The molecule has 2 rings (SSSR count). The van der Waals surface area contributed by atoms with E-state index in [0.717, 1.165) is 16.3 Å². The van der Waals surface area contributed by atoms with Crippen LogP contribution in [0.1, 0.15) is 28.9 Å². The Morgan fingerprint density at radius 1 is 1.48 bits per heavy atom. The number of aliphatic hydroxyl groups excluding tert-OH is 1. The number of sulfonamides is 1. The van der Waals surface area contributed by atoms with Gasteiger partial charge in [0.1, 0.15) is 5.01 Å². The number of aryl methyl sites for hydroxylation is 2. The van der Waals surface area contributed by atoms with Crippen LogP contribution in [0.15, 0.2) is 23.4 Å². The maximum atomic E-state index is 12.3. The Balaban J connectivity index is 2.15. The molecule has 0 fully saturated rings. The van der Waals surface area contributed by atoms with Crippen molar-refractivity contribution in [2.75, 3.05) is 0 Å². The summed E-state index contributed by atoms with van der Waals surface area (Å²) in [7, 11) is -3.59. The van der Waals surface area contributed by atoms with E-state index in [1.54, 1.807) is 17.0 Å². The first-order valence-corrected chi connectivity index (χ1v) is 8.97. The molecule has 0 spiro atoms. The zero-order chi connectivity index (χ0) is 15.5. The highest BCUT2D eigenvalue weighted by Gasteiger charge is 2.18. The van der Waals surface area contributed by atoms with Gasteiger partial charge in [-0.15, -0.1) is 11.3 Å². The van der Waals surface area contributed by atoms with Crippen molar-refractivity contribution in [2.45, 2.75) is 44.9 Å². The Hall–Kier alpha value is -1.22. The molecule has 0 saturated heterocycles. The summed E-state index contributed by atoms with van der Waals surface area (Å²) >= 11 is 1.46. The van der Waals surface area contributed by atoms with Crippen molar-refractivity contribution < 1.29 is 13.5 Å². The van der Waals surface area contributed by atoms with Crippen molar-refractivity contribution in [1.82, 2.24) is 14.3 Å². The van der Waals surface area contributed by atoms with Gasteiger partial charge in [0.05, 0.1) is 18.0 Å². The third-order valence-corrected chi connectivity index (χ3v) is 5.26. The molecule has 0 atom stereocenters. The van der Waals surface area contributed by atoms with Crippen molar-refractivity contribution in [3.63, 3.8) is 0 Å². The van der Waals surface area contributed by atoms with E-state index in [0.29, 0.717) is 12.2 Å². The fourth-order valence-electron chi connectivity index (χ4n) is 1.98. The van der Waals surface area contributed by atoms with E-state index in [-0.39, 0.29) is 18.0 Å². The molecule has 0 aromatic carbocycles. The van der Waals surface area contributed by atoms with E-state index in [9.17, 15) is 13.5 Å². The van der Waals surface area contributed by atoms with Gasteiger partial charge in [-0.25, -0.2) is 18.1 Å². The average molecular weight is 329 g/mol. The molecule has 0 aliphatic rings. The van der Waals surface area contributed by atoms with Crippen LogP contribution in [-0.2, 0) is 29.7 Å². The van der Waals surface area contributed by atoms with Gasteiger partial charge in [0.2, 0.25) is 10.0 Å². The number of thiazole rings is 1. The molecule has 21 heavy (non-hydrogen) atoms. The van der Waals surface area contributed by atoms with E-state index in [2.05, 4.69) is 9.71 Å². The van der Waals surface area contributed by atoms with Crippen LogP contribution in [0.5, 0.6) is 0 Å². The summed E-state index contributed by atoms with van der Waals surface area (Å²) in [6.45, 7) is 4.60. The Morgan fingerprint density at radius 3 is 2.81 bits per heavy atom. The molecule has 0 saturated carbocycles. The monoisotopic (exact) mass is 329 g/mol. The Morgan fingerprint density at radius 2 is 2.24 bits per heavy atom. The minimum absolute atomic E-state index is 0.174. The first-order chi connectivity index (χ1) is 9.96. The van der Waals surface area contributed by atoms with Crippen molar-refractivity contribution in [3.05, 3.63) is 34.0 Å². The van der Waals surface area contributed by atoms with Gasteiger partial charge in [0.25, 0.3) is 0 Å². The molecule has 2 N–H and O–H groups in total. The maximum Gasteiger partial charge on any atom is 0.242 e. The largest absolute Gasteiger partial charge is 0.390 e. The van der Waals surface area contributed by atoms with Crippen molar-refractivity contribution in [2.24, 2.45) is 0 Å². The van der Waals surface area contributed by atoms with Crippen LogP contribution < -0.4 is 4.72 Å². The summed E-state index contributed by atoms with van der Waals surface area (Å²) < 4.78 is 28.8. The van der Waals surface area contributed by atoms with Gasteiger partial charge in [-0.2, -0.15) is 0 Å². The number of aliphatic hydroxyl groups is 1. The molecule has 0 aliphatic heterocycles. The molecular formula is C13H19N3O3S2. The van der Waals surface area contributed by atoms with E-state index < -0.39 is 10.0 Å². The fourth-order valence-corrected chi connectivity index (χ4v) is 3.85. The third kappa shape index (κ3) is 3.91. The Bertz CT molecular complexity index is 704. The highest BCUT2D eigenvalue weighted by atomic mass is 32.2. The molecule has 0 bridgehead atoms. The summed E-state index contributed by atoms with van der Waals surface area (Å²) in [5.41, 5.74) is 0.599. The number of aromatic nitrogens is 2. The number of hydrogen-bond acceptors (Lipinski definition) is 5. The van der Waals surface area contributed by atoms with Crippen molar-refractivity contribution >= 4 is 21.4 Å². The van der Waals surface area contributed by atoms with Crippen LogP contribution in [0, 0.1) is 6.92 Å². The predicted octanol–water partition coefficient (Wildman–Crippen LogP) is 1.63. The maximum absolute atomic E-state index is 12.3. The molecule has 116 valence electrons. The van der Waals surface area contributed by atoms with Gasteiger partial charge in [-0.3, -0.25) is 0 Å². The summed E-state index contributed by atoms with van der Waals surface area (Å²) in [6.07, 6.45) is 4.15. The zero-order valence-corrected chi connectivity index (χ0v) is 13.7. The number of rotatable bonds is 7. The van der Waals surface area contributed by atoms with Crippen LogP contribution in [0.25, 0.3) is 0 Å². The fraction of sp³-hybridized carbons (Fsp3) is 0.462. The lowest BCUT2D eigenvalue weighted by Crippen LogP contribution is -2.22. The second-order valence-corrected chi connectivity index (χ2v) is 7.79. The average Bonchev–Trinajstić information content (AvgIpc) is 3.04. The summed E-state index contributed by atoms with van der Waals surface area (Å²) in [5, 5.41) is 10.0. The zero-order valence-electron chi connectivity index (χ0n) is 12.0. The summed E-state index contributed by atoms with van der Waals surface area (Å²) in [4.78, 5) is 5.34. The van der Waals surface area contributed by atoms with Crippen LogP contribution in [0.2, 0.25) is 0 Å². The van der Waals surface area contributed by atoms with Crippen molar-refractivity contribution in [1.29, 1.82) is 0 Å². The van der Waals surface area contributed by atoms with Crippen LogP contribution in [0.3, 0.4) is 0 Å². The first kappa shape index (κ1) is 16.2. The van der Waals surface area contributed by atoms with Crippen LogP contribution in [-0.4, -0.2) is 23.1 Å². The lowest BCUT2D eigenvalue weighted by molar-refractivity contribution is 0.270. The van der Waals surface area contributed by atoms with Gasteiger partial charge in [0.15, 0.2) is 0 Å². The highest BCUT2D eigenvalue weighted by Crippen LogP contribution is 2.17. The number of nitrogens with one attached hydrogen (secondary N) is 1. The highest BCUT2D eigenvalue weighted by molar-refractivity contribution is 7.89. The lowest BCUT2D eigenvalue weighted by atomic mass is 10.4. The molecule has 2 aromatic rings. The molecular weight excluding hydrogens is 310 g/mol. The van der Waals surface area contributed by atoms with Crippen LogP contribution in [0.4, 0.5) is 0 Å².